The Bertz CT molecular complexity index is 901. The van der Waals surface area contributed by atoms with Crippen molar-refractivity contribution in [2.75, 3.05) is 51.4 Å². The summed E-state index contributed by atoms with van der Waals surface area (Å²) < 4.78 is 18.2. The van der Waals surface area contributed by atoms with Gasteiger partial charge < -0.3 is 15.4 Å². The fourth-order valence-corrected chi connectivity index (χ4v) is 5.56. The largest absolute Gasteiger partial charge is 0.385 e. The Morgan fingerprint density at radius 3 is 2.91 bits per heavy atom. The van der Waals surface area contributed by atoms with Crippen molar-refractivity contribution in [3.63, 3.8) is 0 Å². The number of alkyl halides is 1. The number of piperidine rings is 1. The molecule has 8 heteroatoms. The molecule has 1 aromatic carbocycles. The highest BCUT2D eigenvalue weighted by atomic mass is 35.5. The van der Waals surface area contributed by atoms with Crippen LogP contribution in [-0.2, 0) is 9.53 Å². The third-order valence-electron chi connectivity index (χ3n) is 7.27. The highest BCUT2D eigenvalue weighted by Gasteiger charge is 2.33. The molecule has 4 rings (SSSR count). The van der Waals surface area contributed by atoms with E-state index in [0.29, 0.717) is 29.9 Å². The highest BCUT2D eigenvalue weighted by Crippen LogP contribution is 2.38. The van der Waals surface area contributed by atoms with Crippen LogP contribution in [0.2, 0.25) is 0 Å². The summed E-state index contributed by atoms with van der Waals surface area (Å²) in [5, 5.41) is 7.30. The number of carbonyl (C=O) groups excluding carboxylic acids is 1. The van der Waals surface area contributed by atoms with Gasteiger partial charge in [-0.05, 0) is 55.8 Å². The molecule has 3 aliphatic heterocycles. The summed E-state index contributed by atoms with van der Waals surface area (Å²) in [5.74, 6) is 0.942. The summed E-state index contributed by atoms with van der Waals surface area (Å²) in [6.07, 6.45) is 5.56. The molecule has 2 N–H and O–H groups in total. The number of rotatable bonds is 7. The lowest BCUT2D eigenvalue weighted by atomic mass is 9.84. The first-order valence-electron chi connectivity index (χ1n) is 12.5. The number of likely N-dealkylation sites (tertiary alicyclic amines) is 1. The number of amidine groups is 1. The lowest BCUT2D eigenvalue weighted by molar-refractivity contribution is -0.125. The van der Waals surface area contributed by atoms with E-state index in [1.165, 1.54) is 0 Å². The van der Waals surface area contributed by atoms with E-state index in [2.05, 4.69) is 40.7 Å². The Balaban J connectivity index is 1.39. The molecule has 1 amide bonds. The number of amides is 1. The number of benzene rings is 1. The minimum Gasteiger partial charge on any atom is -0.385 e. The Labute approximate surface area is 207 Å². The fourth-order valence-electron chi connectivity index (χ4n) is 5.20. The minimum absolute atomic E-state index is 0.0359. The first kappa shape index (κ1) is 25.1. The molecule has 3 heterocycles. The zero-order valence-corrected chi connectivity index (χ0v) is 20.7. The van der Waals surface area contributed by atoms with Crippen molar-refractivity contribution in [1.82, 2.24) is 10.2 Å². The van der Waals surface area contributed by atoms with Crippen molar-refractivity contribution in [3.8, 4) is 0 Å². The smallest absolute Gasteiger partial charge is 0.229 e. The van der Waals surface area contributed by atoms with E-state index in [0.717, 1.165) is 63.2 Å². The summed E-state index contributed by atoms with van der Waals surface area (Å²) in [6.45, 7) is 6.12. The molecular formula is C26H36ClFN4O2. The minimum atomic E-state index is -0.383. The van der Waals surface area contributed by atoms with Gasteiger partial charge in [0.15, 0.2) is 0 Å². The summed E-state index contributed by atoms with van der Waals surface area (Å²) in [5.41, 5.74) is 2.17. The van der Waals surface area contributed by atoms with Crippen molar-refractivity contribution in [2.24, 2.45) is 22.7 Å². The molecule has 186 valence electrons. The third-order valence-corrected chi connectivity index (χ3v) is 7.60. The van der Waals surface area contributed by atoms with Gasteiger partial charge in [0.05, 0.1) is 5.92 Å². The predicted molar refractivity (Wildman–Crippen MR) is 135 cm³/mol. The van der Waals surface area contributed by atoms with Crippen molar-refractivity contribution in [3.05, 3.63) is 41.1 Å². The lowest BCUT2D eigenvalue weighted by Crippen LogP contribution is -2.47. The average molecular weight is 491 g/mol. The molecule has 3 aliphatic rings. The number of nitrogens with one attached hydrogen (secondary N) is 2. The van der Waals surface area contributed by atoms with Crippen molar-refractivity contribution < 1.29 is 13.9 Å². The predicted octanol–water partition coefficient (Wildman–Crippen LogP) is 4.53. The number of aliphatic imine (C=N–C) groups is 1. The van der Waals surface area contributed by atoms with Crippen molar-refractivity contribution in [2.45, 2.75) is 38.5 Å². The summed E-state index contributed by atoms with van der Waals surface area (Å²) in [7, 11) is 0. The normalized spacial score (nSPS) is 26.5. The summed E-state index contributed by atoms with van der Waals surface area (Å²) >= 11 is 6.63. The zero-order valence-electron chi connectivity index (χ0n) is 19.9. The molecule has 0 aliphatic carbocycles. The second-order valence-electron chi connectivity index (χ2n) is 9.67. The van der Waals surface area contributed by atoms with Crippen molar-refractivity contribution >= 4 is 29.0 Å². The van der Waals surface area contributed by atoms with Gasteiger partial charge in [0, 0.05) is 61.6 Å². The standard InChI is InChI=1S/C26H36ClFN4O2/c1-18-24(20-4-2-6-22(14-20)29-15-19-7-12-34-13-8-19)23(27)16-30-25(18)31-26(33)21-5-3-10-32(17-21)11-9-28/h2,4,6,14,16,18-19,21,24,29H,3,5,7-13,15,17H2,1H3,(H,30,31,33)/t18?,21-,24?/m1/s1. The topological polar surface area (TPSA) is 66.0 Å². The monoisotopic (exact) mass is 490 g/mol. The van der Waals surface area contributed by atoms with Gasteiger partial charge in [-0.1, -0.05) is 30.7 Å². The molecule has 2 fully saturated rings. The fraction of sp³-hybridized carbons (Fsp3) is 0.615. The van der Waals surface area contributed by atoms with Gasteiger partial charge >= 0.3 is 0 Å². The van der Waals surface area contributed by atoms with Gasteiger partial charge in [0.2, 0.25) is 5.91 Å². The van der Waals surface area contributed by atoms with Crippen LogP contribution in [0.25, 0.3) is 0 Å². The van der Waals surface area contributed by atoms with Crippen LogP contribution in [0.15, 0.2) is 40.5 Å². The molecular weight excluding hydrogens is 455 g/mol. The van der Waals surface area contributed by atoms with Crippen LogP contribution in [-0.4, -0.2) is 62.7 Å². The van der Waals surface area contributed by atoms with Gasteiger partial charge in [-0.2, -0.15) is 0 Å². The maximum Gasteiger partial charge on any atom is 0.229 e. The molecule has 2 unspecified atom stereocenters. The van der Waals surface area contributed by atoms with E-state index in [4.69, 9.17) is 16.3 Å². The van der Waals surface area contributed by atoms with Crippen LogP contribution in [0.1, 0.15) is 44.1 Å². The maximum atomic E-state index is 13.0. The number of anilines is 1. The molecule has 0 aromatic heterocycles. The number of nitrogens with zero attached hydrogens (tertiary/aromatic N) is 2. The van der Waals surface area contributed by atoms with E-state index in [1.807, 2.05) is 11.0 Å². The lowest BCUT2D eigenvalue weighted by Gasteiger charge is -2.33. The van der Waals surface area contributed by atoms with Crippen LogP contribution in [0, 0.1) is 17.8 Å². The molecule has 0 saturated carbocycles. The zero-order chi connectivity index (χ0) is 23.9. The van der Waals surface area contributed by atoms with Gasteiger partial charge in [-0.25, -0.2) is 9.38 Å². The highest BCUT2D eigenvalue weighted by molar-refractivity contribution is 6.31. The van der Waals surface area contributed by atoms with Gasteiger partial charge in [0.25, 0.3) is 0 Å². The van der Waals surface area contributed by atoms with E-state index >= 15 is 0 Å². The molecule has 2 saturated heterocycles. The molecule has 3 atom stereocenters. The average Bonchev–Trinajstić information content (AvgIpc) is 2.86. The van der Waals surface area contributed by atoms with Crippen LogP contribution in [0.3, 0.4) is 0 Å². The van der Waals surface area contributed by atoms with E-state index in [-0.39, 0.29) is 30.3 Å². The second kappa shape index (κ2) is 12.1. The van der Waals surface area contributed by atoms with E-state index in [1.54, 1.807) is 6.20 Å². The number of ether oxygens (including phenoxy) is 1. The van der Waals surface area contributed by atoms with Gasteiger partial charge in [-0.15, -0.1) is 0 Å². The number of hydrogen-bond donors (Lipinski definition) is 2. The van der Waals surface area contributed by atoms with Crippen LogP contribution in [0.5, 0.6) is 0 Å². The molecule has 0 bridgehead atoms. The molecule has 0 radical (unpaired) electrons. The van der Waals surface area contributed by atoms with E-state index < -0.39 is 0 Å². The Morgan fingerprint density at radius 2 is 2.12 bits per heavy atom. The third kappa shape index (κ3) is 6.37. The Morgan fingerprint density at radius 1 is 1.29 bits per heavy atom. The van der Waals surface area contributed by atoms with Crippen LogP contribution in [0.4, 0.5) is 10.1 Å². The van der Waals surface area contributed by atoms with Crippen LogP contribution >= 0.6 is 11.6 Å². The molecule has 1 aromatic rings. The maximum absolute atomic E-state index is 13.0. The summed E-state index contributed by atoms with van der Waals surface area (Å²) in [6, 6.07) is 8.36. The number of carbonyl (C=O) groups is 1. The van der Waals surface area contributed by atoms with Crippen LogP contribution < -0.4 is 10.6 Å². The first-order valence-corrected chi connectivity index (χ1v) is 12.9. The Hall–Kier alpha value is -1.96. The van der Waals surface area contributed by atoms with Gasteiger partial charge in [0.1, 0.15) is 12.5 Å². The van der Waals surface area contributed by atoms with Crippen molar-refractivity contribution in [1.29, 1.82) is 0 Å². The number of halogens is 2. The summed E-state index contributed by atoms with van der Waals surface area (Å²) in [4.78, 5) is 19.5. The molecule has 34 heavy (non-hydrogen) atoms. The second-order valence-corrected chi connectivity index (χ2v) is 10.1. The number of allylic oxidation sites excluding steroid dienone is 1. The quantitative estimate of drug-likeness (QED) is 0.589. The van der Waals surface area contributed by atoms with E-state index in [9.17, 15) is 9.18 Å². The Kier molecular flexibility index (Phi) is 8.98. The SMILES string of the molecule is CC1C(NC(=O)[C@@H]2CCCN(CCF)C2)=NC=C(Cl)C1c1cccc(NCC2CCOCC2)c1. The molecule has 0 spiro atoms. The van der Waals surface area contributed by atoms with Gasteiger partial charge in [-0.3, -0.25) is 9.69 Å². The number of hydrogen-bond acceptors (Lipinski definition) is 5. The first-order chi connectivity index (χ1) is 16.5. The molecule has 6 nitrogen and oxygen atoms in total.